The number of hydrogen-bond donors (Lipinski definition) is 8. The van der Waals surface area contributed by atoms with Crippen molar-refractivity contribution in [3.63, 3.8) is 0 Å². The largest absolute Gasteiger partial charge is 0.394 e. The molecule has 11 nitrogen and oxygen atoms in total. The minimum atomic E-state index is -2.76. The van der Waals surface area contributed by atoms with E-state index in [0.29, 0.717) is 0 Å². The van der Waals surface area contributed by atoms with Crippen molar-refractivity contribution < 1.29 is 56.4 Å². The Morgan fingerprint density at radius 1 is 0.696 bits per heavy atom. The molecule has 2 aliphatic heterocycles. The standard InChI is InChI=1S/C12H22O11/c13-1-3-5(15)7(17)9(19)11(21-3)23-12-10(20)8(18)6(16)4(2-14)22-12/h3-20H,1-2H2/t3-,4?,5-,6-,7?,8+,9?,10?,11+,12-/m1/s1/i11D. The molecule has 2 saturated heterocycles. The third kappa shape index (κ3) is 3.65. The Bertz CT molecular complexity index is 424. The van der Waals surface area contributed by atoms with Crippen molar-refractivity contribution >= 4 is 0 Å². The van der Waals surface area contributed by atoms with Crippen LogP contribution in [-0.4, -0.2) is 115 Å². The fourth-order valence-corrected chi connectivity index (χ4v) is 2.36. The summed E-state index contributed by atoms with van der Waals surface area (Å²) in [4.78, 5) is 0. The highest BCUT2D eigenvalue weighted by Crippen LogP contribution is 2.27. The lowest BCUT2D eigenvalue weighted by atomic mass is 9.98. The highest BCUT2D eigenvalue weighted by molar-refractivity contribution is 4.92. The first-order valence-corrected chi connectivity index (χ1v) is 6.97. The van der Waals surface area contributed by atoms with Gasteiger partial charge in [-0.25, -0.2) is 0 Å². The van der Waals surface area contributed by atoms with Crippen molar-refractivity contribution in [3.05, 3.63) is 0 Å². The molecule has 0 spiro atoms. The summed E-state index contributed by atoms with van der Waals surface area (Å²) in [7, 11) is 0. The maximum Gasteiger partial charge on any atom is 0.189 e. The number of aliphatic hydroxyl groups excluding tert-OH is 8. The fourth-order valence-electron chi connectivity index (χ4n) is 2.36. The smallest absolute Gasteiger partial charge is 0.189 e. The second-order valence-electron chi connectivity index (χ2n) is 5.40. The summed E-state index contributed by atoms with van der Waals surface area (Å²) in [5.41, 5.74) is 0. The summed E-state index contributed by atoms with van der Waals surface area (Å²) in [5, 5.41) is 76.7. The third-order valence-corrected chi connectivity index (χ3v) is 3.82. The van der Waals surface area contributed by atoms with E-state index in [4.69, 9.17) is 25.8 Å². The molecule has 0 aromatic rings. The molecule has 2 heterocycles. The molecule has 0 aromatic carbocycles. The van der Waals surface area contributed by atoms with E-state index >= 15 is 0 Å². The monoisotopic (exact) mass is 343 g/mol. The summed E-state index contributed by atoms with van der Waals surface area (Å²) in [5.74, 6) is 0. The van der Waals surface area contributed by atoms with Crippen LogP contribution in [0.1, 0.15) is 1.37 Å². The zero-order chi connectivity index (χ0) is 18.2. The van der Waals surface area contributed by atoms with Crippen LogP contribution in [0.25, 0.3) is 0 Å². The van der Waals surface area contributed by atoms with Gasteiger partial charge in [0, 0.05) is 0 Å². The molecule has 0 amide bonds. The van der Waals surface area contributed by atoms with E-state index in [-0.39, 0.29) is 0 Å². The van der Waals surface area contributed by atoms with Crippen LogP contribution in [0, 0.1) is 0 Å². The molecule has 0 aliphatic carbocycles. The minimum absolute atomic E-state index is 0.736. The summed E-state index contributed by atoms with van der Waals surface area (Å²) < 4.78 is 22.9. The highest BCUT2D eigenvalue weighted by Gasteiger charge is 2.49. The molecule has 0 aromatic heterocycles. The first-order chi connectivity index (χ1) is 11.2. The van der Waals surface area contributed by atoms with Crippen molar-refractivity contribution in [3.8, 4) is 0 Å². The molecule has 11 heteroatoms. The van der Waals surface area contributed by atoms with E-state index in [1.807, 2.05) is 0 Å². The molecule has 136 valence electrons. The molecule has 2 rings (SSSR count). The zero-order valence-corrected chi connectivity index (χ0v) is 11.9. The SMILES string of the molecule is [2H][C@@]1(O[C@H]2OC(CO)[C@@H](O)[C@H](O)C2O)O[C@H](CO)[C@@H](O)C(O)C1O. The second-order valence-corrected chi connectivity index (χ2v) is 5.40. The summed E-state index contributed by atoms with van der Waals surface area (Å²) in [6.45, 7) is -1.54. The van der Waals surface area contributed by atoms with E-state index in [1.165, 1.54) is 0 Å². The van der Waals surface area contributed by atoms with Gasteiger partial charge in [-0.2, -0.15) is 0 Å². The van der Waals surface area contributed by atoms with Crippen LogP contribution in [0.15, 0.2) is 0 Å². The second kappa shape index (κ2) is 7.63. The normalized spacial score (nSPS) is 55.5. The van der Waals surface area contributed by atoms with Gasteiger partial charge in [0.1, 0.15) is 48.8 Å². The summed E-state index contributed by atoms with van der Waals surface area (Å²) in [6, 6.07) is 0. The topological polar surface area (TPSA) is 190 Å². The average Bonchev–Trinajstić information content (AvgIpc) is 2.57. The zero-order valence-electron chi connectivity index (χ0n) is 12.9. The first-order valence-electron chi connectivity index (χ1n) is 7.47. The highest BCUT2D eigenvalue weighted by atomic mass is 16.8. The van der Waals surface area contributed by atoms with Crippen LogP contribution in [0.2, 0.25) is 0 Å². The molecular formula is C12H22O11. The fraction of sp³-hybridized carbons (Fsp3) is 1.00. The Hall–Kier alpha value is -0.440. The van der Waals surface area contributed by atoms with E-state index in [0.717, 1.165) is 0 Å². The van der Waals surface area contributed by atoms with Crippen LogP contribution in [-0.2, 0) is 14.2 Å². The summed E-state index contributed by atoms with van der Waals surface area (Å²) >= 11 is 0. The van der Waals surface area contributed by atoms with Crippen molar-refractivity contribution in [2.45, 2.75) is 61.4 Å². The molecule has 4 unspecified atom stereocenters. The molecule has 2 aliphatic rings. The van der Waals surface area contributed by atoms with Gasteiger partial charge >= 0.3 is 0 Å². The Morgan fingerprint density at radius 3 is 1.70 bits per heavy atom. The molecular weight excluding hydrogens is 320 g/mol. The Balaban J connectivity index is 2.18. The Morgan fingerprint density at radius 2 is 1.17 bits per heavy atom. The number of rotatable bonds is 4. The van der Waals surface area contributed by atoms with Crippen molar-refractivity contribution in [1.29, 1.82) is 0 Å². The van der Waals surface area contributed by atoms with Crippen LogP contribution >= 0.6 is 0 Å². The Kier molecular flexibility index (Phi) is 5.77. The minimum Gasteiger partial charge on any atom is -0.394 e. The number of ether oxygens (including phenoxy) is 3. The van der Waals surface area contributed by atoms with Crippen LogP contribution in [0.3, 0.4) is 0 Å². The van der Waals surface area contributed by atoms with Crippen LogP contribution in [0.4, 0.5) is 0 Å². The van der Waals surface area contributed by atoms with Gasteiger partial charge in [-0.1, -0.05) is 0 Å². The van der Waals surface area contributed by atoms with Gasteiger partial charge in [0.25, 0.3) is 0 Å². The molecule has 10 atom stereocenters. The van der Waals surface area contributed by atoms with Crippen molar-refractivity contribution in [2.24, 2.45) is 0 Å². The van der Waals surface area contributed by atoms with Gasteiger partial charge in [-0.05, 0) is 0 Å². The predicted octanol–water partition coefficient (Wildman–Crippen LogP) is -5.40. The predicted molar refractivity (Wildman–Crippen MR) is 68.6 cm³/mol. The molecule has 0 bridgehead atoms. The first kappa shape index (κ1) is 17.4. The lowest BCUT2D eigenvalue weighted by molar-refractivity contribution is -0.376. The quantitative estimate of drug-likeness (QED) is 0.243. The van der Waals surface area contributed by atoms with Gasteiger partial charge < -0.3 is 55.1 Å². The van der Waals surface area contributed by atoms with E-state index in [2.05, 4.69) is 0 Å². The average molecular weight is 343 g/mol. The molecule has 8 N–H and O–H groups in total. The van der Waals surface area contributed by atoms with E-state index < -0.39 is 74.6 Å². The van der Waals surface area contributed by atoms with Crippen molar-refractivity contribution in [2.75, 3.05) is 13.2 Å². The van der Waals surface area contributed by atoms with Gasteiger partial charge in [0.05, 0.1) is 14.6 Å². The van der Waals surface area contributed by atoms with Crippen LogP contribution in [0.5, 0.6) is 0 Å². The van der Waals surface area contributed by atoms with E-state index in [9.17, 15) is 30.6 Å². The molecule has 0 saturated carbocycles. The maximum atomic E-state index is 9.91. The molecule has 0 radical (unpaired) electrons. The lowest BCUT2D eigenvalue weighted by Gasteiger charge is -2.44. The van der Waals surface area contributed by atoms with Gasteiger partial charge in [0.15, 0.2) is 12.6 Å². The van der Waals surface area contributed by atoms with Gasteiger partial charge in [-0.3, -0.25) is 0 Å². The lowest BCUT2D eigenvalue weighted by Crippen LogP contribution is -2.63. The summed E-state index contributed by atoms with van der Waals surface area (Å²) in [6.07, 6.45) is -18.4. The van der Waals surface area contributed by atoms with Gasteiger partial charge in [-0.15, -0.1) is 0 Å². The Labute approximate surface area is 132 Å². The third-order valence-electron chi connectivity index (χ3n) is 3.82. The van der Waals surface area contributed by atoms with E-state index in [1.54, 1.807) is 0 Å². The van der Waals surface area contributed by atoms with Crippen molar-refractivity contribution in [1.82, 2.24) is 0 Å². The maximum absolute atomic E-state index is 9.91. The van der Waals surface area contributed by atoms with Crippen LogP contribution < -0.4 is 0 Å². The molecule has 2 fully saturated rings. The van der Waals surface area contributed by atoms with Gasteiger partial charge in [0.2, 0.25) is 0 Å². The number of aliphatic hydroxyl groups is 8. The molecule has 23 heavy (non-hydrogen) atoms. The number of hydrogen-bond acceptors (Lipinski definition) is 11.